The zero-order valence-electron chi connectivity index (χ0n) is 15.5. The number of likely N-dealkylation sites (N-methyl/N-ethyl adjacent to an activating group) is 1. The number of amides is 2. The summed E-state index contributed by atoms with van der Waals surface area (Å²) in [6, 6.07) is 6.67. The molecule has 2 rings (SSSR count). The van der Waals surface area contributed by atoms with Crippen molar-refractivity contribution in [1.82, 2.24) is 20.4 Å². The molecule has 0 aromatic heterocycles. The Kier molecular flexibility index (Phi) is 8.88. The van der Waals surface area contributed by atoms with Crippen LogP contribution in [-0.4, -0.2) is 74.0 Å². The number of piperazine rings is 1. The van der Waals surface area contributed by atoms with Crippen LogP contribution in [0, 0.1) is 0 Å². The summed E-state index contributed by atoms with van der Waals surface area (Å²) < 4.78 is 0. The summed E-state index contributed by atoms with van der Waals surface area (Å²) in [4.78, 5) is 28.7. The molecule has 26 heavy (non-hydrogen) atoms. The number of nitrogens with zero attached hydrogens (tertiary/aromatic N) is 2. The van der Waals surface area contributed by atoms with E-state index in [1.54, 1.807) is 24.3 Å². The van der Waals surface area contributed by atoms with E-state index in [9.17, 15) is 9.59 Å². The molecular formula is C19H29ClN4O2. The summed E-state index contributed by atoms with van der Waals surface area (Å²) in [5.41, 5.74) is 0.540. The van der Waals surface area contributed by atoms with Crippen LogP contribution in [0.5, 0.6) is 0 Å². The van der Waals surface area contributed by atoms with Gasteiger partial charge in [0, 0.05) is 56.3 Å². The Morgan fingerprint density at radius 1 is 1.00 bits per heavy atom. The minimum Gasteiger partial charge on any atom is -0.356 e. The first kappa shape index (κ1) is 20.7. The van der Waals surface area contributed by atoms with Crippen molar-refractivity contribution in [1.29, 1.82) is 0 Å². The molecule has 7 heteroatoms. The van der Waals surface area contributed by atoms with Crippen LogP contribution in [0.4, 0.5) is 0 Å². The fourth-order valence-corrected chi connectivity index (χ4v) is 3.07. The Morgan fingerprint density at radius 3 is 2.31 bits per heavy atom. The lowest BCUT2D eigenvalue weighted by Crippen LogP contribution is -2.46. The van der Waals surface area contributed by atoms with Gasteiger partial charge >= 0.3 is 0 Å². The van der Waals surface area contributed by atoms with Crippen molar-refractivity contribution >= 4 is 23.4 Å². The molecule has 0 radical (unpaired) electrons. The van der Waals surface area contributed by atoms with Gasteiger partial charge in [0.1, 0.15) is 0 Å². The monoisotopic (exact) mass is 380 g/mol. The molecule has 1 aromatic rings. The van der Waals surface area contributed by atoms with E-state index in [1.807, 2.05) is 0 Å². The van der Waals surface area contributed by atoms with Crippen LogP contribution in [0.1, 0.15) is 30.1 Å². The second kappa shape index (κ2) is 11.2. The van der Waals surface area contributed by atoms with E-state index in [0.717, 1.165) is 45.7 Å². The van der Waals surface area contributed by atoms with Gasteiger partial charge in [-0.15, -0.1) is 0 Å². The van der Waals surface area contributed by atoms with Crippen LogP contribution in [0.3, 0.4) is 0 Å². The van der Waals surface area contributed by atoms with Gasteiger partial charge < -0.3 is 20.4 Å². The second-order valence-electron chi connectivity index (χ2n) is 6.49. The summed E-state index contributed by atoms with van der Waals surface area (Å²) >= 11 is 5.80. The Bertz CT molecular complexity index is 571. The van der Waals surface area contributed by atoms with Gasteiger partial charge in [0.25, 0.3) is 5.91 Å². The molecule has 0 unspecified atom stereocenters. The van der Waals surface area contributed by atoms with E-state index in [0.29, 0.717) is 23.7 Å². The Labute approximate surface area is 160 Å². The number of benzene rings is 1. The molecule has 144 valence electrons. The van der Waals surface area contributed by atoms with E-state index in [-0.39, 0.29) is 18.2 Å². The smallest absolute Gasteiger partial charge is 0.251 e. The number of nitrogens with one attached hydrogen (secondary N) is 2. The Balaban J connectivity index is 1.51. The summed E-state index contributed by atoms with van der Waals surface area (Å²) in [6.45, 7) is 9.83. The molecule has 1 saturated heterocycles. The zero-order chi connectivity index (χ0) is 18.8. The van der Waals surface area contributed by atoms with Gasteiger partial charge in [0.2, 0.25) is 5.91 Å². The first-order valence-corrected chi connectivity index (χ1v) is 9.71. The SMILES string of the molecule is CCN1CCN(CCCNC(=O)CCNC(=O)c2ccc(Cl)cc2)CC1. The Morgan fingerprint density at radius 2 is 1.65 bits per heavy atom. The van der Waals surface area contributed by atoms with E-state index >= 15 is 0 Å². The molecule has 1 aliphatic rings. The van der Waals surface area contributed by atoms with Crippen molar-refractivity contribution in [3.63, 3.8) is 0 Å². The van der Waals surface area contributed by atoms with Crippen LogP contribution < -0.4 is 10.6 Å². The quantitative estimate of drug-likeness (QED) is 0.639. The maximum Gasteiger partial charge on any atom is 0.251 e. The average molecular weight is 381 g/mol. The number of hydrogen-bond acceptors (Lipinski definition) is 4. The van der Waals surface area contributed by atoms with E-state index < -0.39 is 0 Å². The van der Waals surface area contributed by atoms with Gasteiger partial charge in [-0.2, -0.15) is 0 Å². The van der Waals surface area contributed by atoms with Crippen LogP contribution in [0.25, 0.3) is 0 Å². The summed E-state index contributed by atoms with van der Waals surface area (Å²) in [7, 11) is 0. The third-order valence-corrected chi connectivity index (χ3v) is 4.88. The molecule has 0 bridgehead atoms. The molecular weight excluding hydrogens is 352 g/mol. The number of halogens is 1. The van der Waals surface area contributed by atoms with E-state index in [4.69, 9.17) is 11.6 Å². The topological polar surface area (TPSA) is 64.7 Å². The molecule has 1 fully saturated rings. The molecule has 6 nitrogen and oxygen atoms in total. The third kappa shape index (κ3) is 7.32. The van der Waals surface area contributed by atoms with Crippen LogP contribution in [0.2, 0.25) is 5.02 Å². The molecule has 0 atom stereocenters. The normalized spacial score (nSPS) is 15.6. The van der Waals surface area contributed by atoms with E-state index in [1.165, 1.54) is 0 Å². The molecule has 0 spiro atoms. The van der Waals surface area contributed by atoms with Crippen LogP contribution in [0.15, 0.2) is 24.3 Å². The van der Waals surface area contributed by atoms with Crippen molar-refractivity contribution in [2.24, 2.45) is 0 Å². The van der Waals surface area contributed by atoms with Gasteiger partial charge in [-0.1, -0.05) is 18.5 Å². The number of carbonyl (C=O) groups is 2. The highest BCUT2D eigenvalue weighted by Crippen LogP contribution is 2.09. The highest BCUT2D eigenvalue weighted by molar-refractivity contribution is 6.30. The molecule has 2 N–H and O–H groups in total. The van der Waals surface area contributed by atoms with Gasteiger partial charge in [-0.25, -0.2) is 0 Å². The summed E-state index contributed by atoms with van der Waals surface area (Å²) in [6.07, 6.45) is 1.24. The van der Waals surface area contributed by atoms with Gasteiger partial charge in [-0.3, -0.25) is 9.59 Å². The van der Waals surface area contributed by atoms with Gasteiger partial charge in [0.15, 0.2) is 0 Å². The minimum absolute atomic E-state index is 0.0304. The molecule has 0 aliphatic carbocycles. The maximum absolute atomic E-state index is 11.9. The van der Waals surface area contributed by atoms with Crippen molar-refractivity contribution in [2.45, 2.75) is 19.8 Å². The predicted molar refractivity (Wildman–Crippen MR) is 105 cm³/mol. The first-order valence-electron chi connectivity index (χ1n) is 9.33. The average Bonchev–Trinajstić information content (AvgIpc) is 2.66. The van der Waals surface area contributed by atoms with Crippen LogP contribution >= 0.6 is 11.6 Å². The van der Waals surface area contributed by atoms with E-state index in [2.05, 4.69) is 27.4 Å². The molecule has 0 saturated carbocycles. The fourth-order valence-electron chi connectivity index (χ4n) is 2.94. The van der Waals surface area contributed by atoms with Crippen molar-refractivity contribution in [2.75, 3.05) is 52.4 Å². The van der Waals surface area contributed by atoms with Crippen LogP contribution in [-0.2, 0) is 4.79 Å². The molecule has 2 amide bonds. The predicted octanol–water partition coefficient (Wildman–Crippen LogP) is 1.60. The first-order chi connectivity index (χ1) is 12.6. The number of carbonyl (C=O) groups excluding carboxylic acids is 2. The highest BCUT2D eigenvalue weighted by atomic mass is 35.5. The third-order valence-electron chi connectivity index (χ3n) is 4.63. The maximum atomic E-state index is 11.9. The fraction of sp³-hybridized carbons (Fsp3) is 0.579. The van der Waals surface area contributed by atoms with Crippen molar-refractivity contribution in [3.8, 4) is 0 Å². The number of rotatable bonds is 9. The molecule has 1 aliphatic heterocycles. The lowest BCUT2D eigenvalue weighted by Gasteiger charge is -2.33. The lowest BCUT2D eigenvalue weighted by atomic mass is 10.2. The van der Waals surface area contributed by atoms with Crippen molar-refractivity contribution < 1.29 is 9.59 Å². The second-order valence-corrected chi connectivity index (χ2v) is 6.93. The summed E-state index contributed by atoms with van der Waals surface area (Å²) in [5, 5.41) is 6.25. The minimum atomic E-state index is -0.194. The summed E-state index contributed by atoms with van der Waals surface area (Å²) in [5.74, 6) is -0.224. The molecule has 1 heterocycles. The standard InChI is InChI=1S/C19H29ClN4O2/c1-2-23-12-14-24(15-13-23)11-3-9-21-18(25)8-10-22-19(26)16-4-6-17(20)7-5-16/h4-7H,2-3,8-15H2,1H3,(H,21,25)(H,22,26). The Hall–Kier alpha value is -1.63. The lowest BCUT2D eigenvalue weighted by molar-refractivity contribution is -0.120. The largest absolute Gasteiger partial charge is 0.356 e. The van der Waals surface area contributed by atoms with Gasteiger partial charge in [-0.05, 0) is 43.8 Å². The van der Waals surface area contributed by atoms with Crippen molar-refractivity contribution in [3.05, 3.63) is 34.9 Å². The zero-order valence-corrected chi connectivity index (χ0v) is 16.2. The number of hydrogen-bond donors (Lipinski definition) is 2. The highest BCUT2D eigenvalue weighted by Gasteiger charge is 2.14. The van der Waals surface area contributed by atoms with Gasteiger partial charge in [0.05, 0.1) is 0 Å². The molecule has 1 aromatic carbocycles.